The van der Waals surface area contributed by atoms with E-state index in [-0.39, 0.29) is 15.8 Å². The van der Waals surface area contributed by atoms with Crippen molar-refractivity contribution in [1.82, 2.24) is 0 Å². The summed E-state index contributed by atoms with van der Waals surface area (Å²) in [5, 5.41) is 0. The van der Waals surface area contributed by atoms with E-state index in [1.165, 1.54) is 38.5 Å². The summed E-state index contributed by atoms with van der Waals surface area (Å²) in [6.07, 6.45) is 14.9. The van der Waals surface area contributed by atoms with Gasteiger partial charge in [-0.1, -0.05) is 60.7 Å². The Morgan fingerprint density at radius 3 is 1.46 bits per heavy atom. The minimum absolute atomic E-state index is 0.289. The van der Waals surface area contributed by atoms with Crippen LogP contribution in [0.3, 0.4) is 0 Å². The van der Waals surface area contributed by atoms with E-state index in [0.29, 0.717) is 0 Å². The molecule has 0 bridgehead atoms. The first-order valence-electron chi connectivity index (χ1n) is 10.4. The van der Waals surface area contributed by atoms with Crippen molar-refractivity contribution in [3.05, 3.63) is 71.8 Å². The molecule has 0 nitrogen and oxygen atoms in total. The number of hydrogen-bond donors (Lipinski definition) is 0. The zero-order valence-electron chi connectivity index (χ0n) is 15.9. The van der Waals surface area contributed by atoms with E-state index >= 15 is 0 Å². The molecule has 0 aliphatic carbocycles. The Morgan fingerprint density at radius 2 is 1.04 bits per heavy atom. The van der Waals surface area contributed by atoms with Crippen LogP contribution in [-0.4, -0.2) is 36.0 Å². The van der Waals surface area contributed by atoms with Crippen molar-refractivity contribution < 1.29 is 0 Å². The van der Waals surface area contributed by atoms with Crippen LogP contribution in [0, 0.1) is 0 Å². The molecule has 2 aromatic rings. The van der Waals surface area contributed by atoms with Crippen molar-refractivity contribution in [3.8, 4) is 0 Å². The molecular formula is C24H32P2. The third-order valence-electron chi connectivity index (χ3n) is 6.30. The smallest absolute Gasteiger partial charge is 0.0168 e. The minimum Gasteiger partial charge on any atom is -0.103 e. The van der Waals surface area contributed by atoms with Gasteiger partial charge in [0.1, 0.15) is 0 Å². The first-order chi connectivity index (χ1) is 12.9. The highest BCUT2D eigenvalue weighted by Gasteiger charge is 2.30. The first-order valence-corrected chi connectivity index (χ1v) is 14.0. The largest absolute Gasteiger partial charge is 0.103 e. The highest BCUT2D eigenvalue weighted by Crippen LogP contribution is 2.57. The van der Waals surface area contributed by atoms with E-state index in [1.807, 2.05) is 0 Å². The normalized spacial score (nSPS) is 28.5. The molecule has 0 aromatic heterocycles. The molecule has 2 aliphatic heterocycles. The van der Waals surface area contributed by atoms with Crippen LogP contribution in [0.1, 0.15) is 36.8 Å². The standard InChI is InChI=1S/C24H32P2/c1-3-9-21(10-4-1)19-23-13-7-15-25(23)17-18-26-16-8-14-24(26)20-22-11-5-2-6-12-22/h1-6,9-12,23-24H,7-8,13-20H2/t23-,24-,25?,26?/m1/s1. The maximum Gasteiger partial charge on any atom is -0.0168 e. The van der Waals surface area contributed by atoms with E-state index in [2.05, 4.69) is 60.7 Å². The fourth-order valence-corrected chi connectivity index (χ4v) is 12.0. The highest BCUT2D eigenvalue weighted by molar-refractivity contribution is 7.62. The fraction of sp³-hybridized carbons (Fsp3) is 0.500. The highest BCUT2D eigenvalue weighted by atomic mass is 31.1. The molecule has 0 N–H and O–H groups in total. The second-order valence-corrected chi connectivity index (χ2v) is 13.6. The molecule has 2 heteroatoms. The molecule has 2 unspecified atom stereocenters. The number of rotatable bonds is 7. The van der Waals surface area contributed by atoms with E-state index in [0.717, 1.165) is 11.3 Å². The molecule has 0 amide bonds. The van der Waals surface area contributed by atoms with Gasteiger partial charge in [-0.2, -0.15) is 0 Å². The molecule has 4 rings (SSSR count). The van der Waals surface area contributed by atoms with Crippen LogP contribution in [0.2, 0.25) is 0 Å². The van der Waals surface area contributed by atoms with Crippen molar-refractivity contribution in [2.45, 2.75) is 49.8 Å². The van der Waals surface area contributed by atoms with Crippen molar-refractivity contribution in [1.29, 1.82) is 0 Å². The van der Waals surface area contributed by atoms with Gasteiger partial charge in [0.05, 0.1) is 0 Å². The van der Waals surface area contributed by atoms with Crippen LogP contribution in [0.4, 0.5) is 0 Å². The Balaban J connectivity index is 1.29. The van der Waals surface area contributed by atoms with Gasteiger partial charge in [-0.15, -0.1) is 15.8 Å². The molecule has 4 atom stereocenters. The van der Waals surface area contributed by atoms with Crippen LogP contribution in [0.5, 0.6) is 0 Å². The Kier molecular flexibility index (Phi) is 6.80. The molecule has 0 radical (unpaired) electrons. The Labute approximate surface area is 162 Å². The van der Waals surface area contributed by atoms with Crippen LogP contribution in [-0.2, 0) is 12.8 Å². The summed E-state index contributed by atoms with van der Waals surface area (Å²) in [5.74, 6) is 0. The molecule has 2 fully saturated rings. The predicted molar refractivity (Wildman–Crippen MR) is 120 cm³/mol. The molecule has 0 spiro atoms. The molecule has 2 aromatic carbocycles. The van der Waals surface area contributed by atoms with E-state index in [1.54, 1.807) is 35.8 Å². The molecular weight excluding hydrogens is 350 g/mol. The average molecular weight is 382 g/mol. The topological polar surface area (TPSA) is 0 Å². The molecule has 26 heavy (non-hydrogen) atoms. The summed E-state index contributed by atoms with van der Waals surface area (Å²) in [4.78, 5) is 0. The van der Waals surface area contributed by atoms with Crippen molar-refractivity contribution in [2.24, 2.45) is 0 Å². The molecule has 138 valence electrons. The average Bonchev–Trinajstić information content (AvgIpc) is 3.31. The SMILES string of the molecule is c1ccc(C[C@H]2CCCP2CCP2CCC[C@@H]2Cc2ccccc2)cc1. The van der Waals surface area contributed by atoms with Crippen LogP contribution >= 0.6 is 15.8 Å². The lowest BCUT2D eigenvalue weighted by Gasteiger charge is -2.25. The zero-order valence-corrected chi connectivity index (χ0v) is 17.7. The lowest BCUT2D eigenvalue weighted by molar-refractivity contribution is 0.772. The van der Waals surface area contributed by atoms with E-state index in [9.17, 15) is 0 Å². The Bertz CT molecular complexity index is 595. The number of benzene rings is 2. The summed E-state index contributed by atoms with van der Waals surface area (Å²) in [7, 11) is 0.579. The molecule has 0 saturated carbocycles. The third kappa shape index (κ3) is 4.97. The summed E-state index contributed by atoms with van der Waals surface area (Å²) in [6.45, 7) is 0. The number of hydrogen-bond acceptors (Lipinski definition) is 0. The first kappa shape index (κ1) is 18.7. The van der Waals surface area contributed by atoms with Gasteiger partial charge in [0, 0.05) is 0 Å². The Morgan fingerprint density at radius 1 is 0.615 bits per heavy atom. The van der Waals surface area contributed by atoms with E-state index < -0.39 is 0 Å². The lowest BCUT2D eigenvalue weighted by Crippen LogP contribution is -2.11. The van der Waals surface area contributed by atoms with Gasteiger partial charge in [-0.05, 0) is 85.6 Å². The van der Waals surface area contributed by atoms with Crippen molar-refractivity contribution in [3.63, 3.8) is 0 Å². The predicted octanol–water partition coefficient (Wildman–Crippen LogP) is 6.76. The van der Waals surface area contributed by atoms with Gasteiger partial charge in [-0.3, -0.25) is 0 Å². The maximum absolute atomic E-state index is 2.34. The second-order valence-electron chi connectivity index (χ2n) is 8.04. The van der Waals surface area contributed by atoms with Gasteiger partial charge >= 0.3 is 0 Å². The van der Waals surface area contributed by atoms with Gasteiger partial charge in [0.25, 0.3) is 0 Å². The van der Waals surface area contributed by atoms with E-state index in [4.69, 9.17) is 0 Å². The second kappa shape index (κ2) is 9.48. The summed E-state index contributed by atoms with van der Waals surface area (Å²) >= 11 is 0. The maximum atomic E-state index is 2.34. The van der Waals surface area contributed by atoms with Crippen molar-refractivity contribution in [2.75, 3.05) is 24.6 Å². The van der Waals surface area contributed by atoms with Crippen LogP contribution < -0.4 is 0 Å². The van der Waals surface area contributed by atoms with Gasteiger partial charge in [0.2, 0.25) is 0 Å². The lowest BCUT2D eigenvalue weighted by atomic mass is 10.1. The molecule has 2 saturated heterocycles. The fourth-order valence-electron chi connectivity index (χ4n) is 4.87. The monoisotopic (exact) mass is 382 g/mol. The van der Waals surface area contributed by atoms with Crippen LogP contribution in [0.15, 0.2) is 60.7 Å². The summed E-state index contributed by atoms with van der Waals surface area (Å²) in [5.41, 5.74) is 5.16. The third-order valence-corrected chi connectivity index (χ3v) is 13.0. The van der Waals surface area contributed by atoms with Crippen molar-refractivity contribution >= 4 is 15.8 Å². The summed E-state index contributed by atoms with van der Waals surface area (Å²) < 4.78 is 0. The quantitative estimate of drug-likeness (QED) is 0.464. The van der Waals surface area contributed by atoms with Gasteiger partial charge < -0.3 is 0 Å². The molecule has 2 aliphatic rings. The minimum atomic E-state index is 0.289. The zero-order chi connectivity index (χ0) is 17.6. The molecule has 2 heterocycles. The van der Waals surface area contributed by atoms with Crippen LogP contribution in [0.25, 0.3) is 0 Å². The summed E-state index contributed by atoms with van der Waals surface area (Å²) in [6, 6.07) is 22.5. The Hall–Kier alpha value is -0.700. The van der Waals surface area contributed by atoms with Gasteiger partial charge in [0.15, 0.2) is 0 Å². The van der Waals surface area contributed by atoms with Gasteiger partial charge in [-0.25, -0.2) is 0 Å².